The van der Waals surface area contributed by atoms with Crippen LogP contribution in [0.5, 0.6) is 0 Å². The van der Waals surface area contributed by atoms with Crippen molar-refractivity contribution in [1.82, 2.24) is 9.97 Å². The molecule has 1 fully saturated rings. The molecule has 0 N–H and O–H groups in total. The summed E-state index contributed by atoms with van der Waals surface area (Å²) in [6.07, 6.45) is 3.81. The largest absolute Gasteiger partial charge is 0.375 e. The Balaban J connectivity index is 2.08. The molecule has 1 aromatic heterocycles. The second kappa shape index (κ2) is 3.70. The first-order chi connectivity index (χ1) is 6.36. The molecule has 0 aliphatic carbocycles. The zero-order valence-corrected chi connectivity index (χ0v) is 7.68. The van der Waals surface area contributed by atoms with E-state index >= 15 is 0 Å². The van der Waals surface area contributed by atoms with E-state index in [9.17, 15) is 0 Å². The molecule has 70 valence electrons. The summed E-state index contributed by atoms with van der Waals surface area (Å²) in [6.45, 7) is 4.59. The van der Waals surface area contributed by atoms with Gasteiger partial charge in [-0.1, -0.05) is 0 Å². The number of ether oxygens (including phenoxy) is 1. The SMILES string of the molecule is C[C@@H]1CN(c2ncccn2)CCO1. The van der Waals surface area contributed by atoms with Gasteiger partial charge in [0.2, 0.25) is 5.95 Å². The molecule has 4 heteroatoms. The van der Waals surface area contributed by atoms with Crippen molar-refractivity contribution in [1.29, 1.82) is 0 Å². The summed E-state index contributed by atoms with van der Waals surface area (Å²) in [4.78, 5) is 10.5. The van der Waals surface area contributed by atoms with Gasteiger partial charge in [-0.3, -0.25) is 0 Å². The van der Waals surface area contributed by atoms with Crippen LogP contribution in [0.1, 0.15) is 6.92 Å². The van der Waals surface area contributed by atoms with E-state index in [4.69, 9.17) is 4.74 Å². The van der Waals surface area contributed by atoms with E-state index in [1.807, 2.05) is 6.07 Å². The normalized spacial score (nSPS) is 23.2. The Labute approximate surface area is 77.6 Å². The predicted octanol–water partition coefficient (Wildman–Crippen LogP) is 0.702. The zero-order chi connectivity index (χ0) is 9.10. The molecule has 0 amide bonds. The van der Waals surface area contributed by atoms with Crippen LogP contribution in [0.15, 0.2) is 18.5 Å². The van der Waals surface area contributed by atoms with Gasteiger partial charge in [-0.2, -0.15) is 0 Å². The van der Waals surface area contributed by atoms with Gasteiger partial charge < -0.3 is 9.64 Å². The zero-order valence-electron chi connectivity index (χ0n) is 7.68. The maximum Gasteiger partial charge on any atom is 0.225 e. The minimum absolute atomic E-state index is 0.276. The third kappa shape index (κ3) is 1.95. The maximum atomic E-state index is 5.43. The van der Waals surface area contributed by atoms with E-state index in [-0.39, 0.29) is 6.10 Å². The highest BCUT2D eigenvalue weighted by Crippen LogP contribution is 2.10. The topological polar surface area (TPSA) is 38.2 Å². The van der Waals surface area contributed by atoms with E-state index in [0.717, 1.165) is 25.6 Å². The molecule has 0 unspecified atom stereocenters. The van der Waals surface area contributed by atoms with Crippen LogP contribution < -0.4 is 4.90 Å². The maximum absolute atomic E-state index is 5.43. The Morgan fingerprint density at radius 3 is 2.92 bits per heavy atom. The smallest absolute Gasteiger partial charge is 0.225 e. The van der Waals surface area contributed by atoms with Crippen molar-refractivity contribution in [3.05, 3.63) is 18.5 Å². The average molecular weight is 179 g/mol. The van der Waals surface area contributed by atoms with E-state index in [1.165, 1.54) is 0 Å². The fourth-order valence-electron chi connectivity index (χ4n) is 1.45. The minimum Gasteiger partial charge on any atom is -0.375 e. The highest BCUT2D eigenvalue weighted by atomic mass is 16.5. The van der Waals surface area contributed by atoms with Crippen LogP contribution in [-0.4, -0.2) is 35.8 Å². The van der Waals surface area contributed by atoms with E-state index in [1.54, 1.807) is 12.4 Å². The Morgan fingerprint density at radius 2 is 2.23 bits per heavy atom. The molecule has 13 heavy (non-hydrogen) atoms. The second-order valence-electron chi connectivity index (χ2n) is 3.18. The van der Waals surface area contributed by atoms with Crippen LogP contribution in [0.25, 0.3) is 0 Å². The van der Waals surface area contributed by atoms with Gasteiger partial charge in [0.05, 0.1) is 12.7 Å². The fraction of sp³-hybridized carbons (Fsp3) is 0.556. The van der Waals surface area contributed by atoms with Crippen LogP contribution in [0.3, 0.4) is 0 Å². The van der Waals surface area contributed by atoms with Gasteiger partial charge >= 0.3 is 0 Å². The van der Waals surface area contributed by atoms with Crippen LogP contribution in [0, 0.1) is 0 Å². The van der Waals surface area contributed by atoms with Crippen LogP contribution in [0.2, 0.25) is 0 Å². The summed E-state index contributed by atoms with van der Waals surface area (Å²) in [6, 6.07) is 1.83. The van der Waals surface area contributed by atoms with E-state index in [2.05, 4.69) is 21.8 Å². The molecule has 4 nitrogen and oxygen atoms in total. The molecular weight excluding hydrogens is 166 g/mol. The Bertz CT molecular complexity index is 265. The molecular formula is C9H13N3O. The van der Waals surface area contributed by atoms with Gasteiger partial charge in [-0.05, 0) is 13.0 Å². The molecule has 1 aliphatic rings. The fourth-order valence-corrected chi connectivity index (χ4v) is 1.45. The minimum atomic E-state index is 0.276. The van der Waals surface area contributed by atoms with Gasteiger partial charge in [-0.15, -0.1) is 0 Å². The second-order valence-corrected chi connectivity index (χ2v) is 3.18. The van der Waals surface area contributed by atoms with Crippen molar-refractivity contribution in [2.75, 3.05) is 24.6 Å². The van der Waals surface area contributed by atoms with Gasteiger partial charge in [0.25, 0.3) is 0 Å². The lowest BCUT2D eigenvalue weighted by atomic mass is 10.3. The summed E-state index contributed by atoms with van der Waals surface area (Å²) in [7, 11) is 0. The lowest BCUT2D eigenvalue weighted by Gasteiger charge is -2.30. The molecule has 0 aromatic carbocycles. The van der Waals surface area contributed by atoms with Gasteiger partial charge in [-0.25, -0.2) is 9.97 Å². The predicted molar refractivity (Wildman–Crippen MR) is 49.7 cm³/mol. The van der Waals surface area contributed by atoms with Gasteiger partial charge in [0.1, 0.15) is 0 Å². The van der Waals surface area contributed by atoms with Crippen molar-refractivity contribution < 1.29 is 4.74 Å². The molecule has 1 atom stereocenters. The van der Waals surface area contributed by atoms with Crippen molar-refractivity contribution >= 4 is 5.95 Å². The van der Waals surface area contributed by atoms with Crippen molar-refractivity contribution in [3.8, 4) is 0 Å². The number of hydrogen-bond acceptors (Lipinski definition) is 4. The average Bonchev–Trinajstić information content (AvgIpc) is 2.19. The van der Waals surface area contributed by atoms with Crippen LogP contribution in [0.4, 0.5) is 5.95 Å². The van der Waals surface area contributed by atoms with Gasteiger partial charge in [0, 0.05) is 25.5 Å². The molecule has 0 spiro atoms. The number of anilines is 1. The lowest BCUT2D eigenvalue weighted by Crippen LogP contribution is -2.41. The van der Waals surface area contributed by atoms with Crippen LogP contribution in [-0.2, 0) is 4.74 Å². The third-order valence-electron chi connectivity index (χ3n) is 2.08. The van der Waals surface area contributed by atoms with Crippen molar-refractivity contribution in [3.63, 3.8) is 0 Å². The molecule has 2 rings (SSSR count). The number of morpholine rings is 1. The first-order valence-electron chi connectivity index (χ1n) is 4.50. The molecule has 1 aliphatic heterocycles. The quantitative estimate of drug-likeness (QED) is 0.636. The standard InChI is InChI=1S/C9H13N3O/c1-8-7-12(5-6-13-8)9-10-3-2-4-11-9/h2-4,8H,5-7H2,1H3/t8-/m1/s1. The number of nitrogens with zero attached hydrogens (tertiary/aromatic N) is 3. The molecule has 2 heterocycles. The first kappa shape index (κ1) is 8.44. The molecule has 0 bridgehead atoms. The molecule has 1 saturated heterocycles. The van der Waals surface area contributed by atoms with E-state index < -0.39 is 0 Å². The third-order valence-corrected chi connectivity index (χ3v) is 2.08. The Morgan fingerprint density at radius 1 is 1.46 bits per heavy atom. The summed E-state index contributed by atoms with van der Waals surface area (Å²) in [5.74, 6) is 0.803. The summed E-state index contributed by atoms with van der Waals surface area (Å²) >= 11 is 0. The number of rotatable bonds is 1. The molecule has 0 radical (unpaired) electrons. The summed E-state index contributed by atoms with van der Waals surface area (Å²) in [5, 5.41) is 0. The monoisotopic (exact) mass is 179 g/mol. The summed E-state index contributed by atoms with van der Waals surface area (Å²) < 4.78 is 5.43. The van der Waals surface area contributed by atoms with Crippen molar-refractivity contribution in [2.24, 2.45) is 0 Å². The Kier molecular flexibility index (Phi) is 2.40. The van der Waals surface area contributed by atoms with Gasteiger partial charge in [0.15, 0.2) is 0 Å². The highest BCUT2D eigenvalue weighted by molar-refractivity contribution is 5.28. The number of aromatic nitrogens is 2. The first-order valence-corrected chi connectivity index (χ1v) is 4.50. The van der Waals surface area contributed by atoms with Crippen LogP contribution >= 0.6 is 0 Å². The Hall–Kier alpha value is -1.16. The van der Waals surface area contributed by atoms with Crippen molar-refractivity contribution in [2.45, 2.75) is 13.0 Å². The highest BCUT2D eigenvalue weighted by Gasteiger charge is 2.18. The molecule has 1 aromatic rings. The summed E-state index contributed by atoms with van der Waals surface area (Å²) in [5.41, 5.74) is 0. The number of hydrogen-bond donors (Lipinski definition) is 0. The molecule has 0 saturated carbocycles. The lowest BCUT2D eigenvalue weighted by molar-refractivity contribution is 0.0526. The van der Waals surface area contributed by atoms with E-state index in [0.29, 0.717) is 0 Å².